The number of ether oxygens (including phenoxy) is 4. The topological polar surface area (TPSA) is 106 Å². The Labute approximate surface area is 174 Å². The van der Waals surface area contributed by atoms with Crippen LogP contribution in [-0.2, 0) is 20.9 Å². The van der Waals surface area contributed by atoms with Crippen LogP contribution in [0.15, 0.2) is 35.4 Å². The van der Waals surface area contributed by atoms with E-state index in [1.54, 1.807) is 51.5 Å². The molecule has 1 atom stereocenters. The third-order valence-electron chi connectivity index (χ3n) is 4.35. The lowest BCUT2D eigenvalue weighted by molar-refractivity contribution is -0.135. The van der Waals surface area contributed by atoms with Gasteiger partial charge in [-0.1, -0.05) is 0 Å². The van der Waals surface area contributed by atoms with Gasteiger partial charge in [0.15, 0.2) is 6.61 Å². The molecule has 2 aromatic rings. The fourth-order valence-corrected chi connectivity index (χ4v) is 2.98. The molecule has 0 N–H and O–H groups in total. The van der Waals surface area contributed by atoms with Crippen molar-refractivity contribution in [2.75, 3.05) is 20.8 Å². The average molecular weight is 410 g/mol. The second-order valence-electron chi connectivity index (χ2n) is 6.54. The maximum Gasteiger partial charge on any atom is 0.247 e. The smallest absolute Gasteiger partial charge is 0.247 e. The number of nitrogens with zero attached hydrogens (tertiary/aromatic N) is 4. The molecule has 0 saturated heterocycles. The van der Waals surface area contributed by atoms with Crippen molar-refractivity contribution in [2.45, 2.75) is 26.7 Å². The zero-order valence-corrected chi connectivity index (χ0v) is 17.2. The molecule has 9 heteroatoms. The van der Waals surface area contributed by atoms with Crippen molar-refractivity contribution >= 4 is 11.8 Å². The van der Waals surface area contributed by atoms with Crippen LogP contribution in [0.3, 0.4) is 0 Å². The molecule has 156 valence electrons. The number of rotatable bonds is 7. The predicted octanol–water partition coefficient (Wildman–Crippen LogP) is 2.69. The third kappa shape index (κ3) is 4.50. The van der Waals surface area contributed by atoms with Gasteiger partial charge in [-0.25, -0.2) is 4.98 Å². The molecule has 1 aromatic heterocycles. The third-order valence-corrected chi connectivity index (χ3v) is 4.35. The molecule has 1 aliphatic rings. The Morgan fingerprint density at radius 1 is 1.27 bits per heavy atom. The maximum atomic E-state index is 12.0. The van der Waals surface area contributed by atoms with Crippen molar-refractivity contribution in [1.82, 2.24) is 9.99 Å². The summed E-state index contributed by atoms with van der Waals surface area (Å²) in [6.45, 7) is 3.37. The molecule has 0 saturated carbocycles. The minimum absolute atomic E-state index is 0.0893. The number of amides is 1. The van der Waals surface area contributed by atoms with Crippen LogP contribution in [0.4, 0.5) is 0 Å². The minimum Gasteiger partial charge on any atom is -0.497 e. The van der Waals surface area contributed by atoms with E-state index in [0.717, 1.165) is 5.56 Å². The standard InChI is InChI=1S/C21H22N4O5/c1-13-9-16(11-27-3)18(10-22)20(23-13)29-12-19-24-25(14(2)26)21(30-19)15-5-7-17(28-4)8-6-15/h5-9,21H,11-12H2,1-4H3. The van der Waals surface area contributed by atoms with Gasteiger partial charge in [-0.05, 0) is 37.3 Å². The van der Waals surface area contributed by atoms with E-state index >= 15 is 0 Å². The van der Waals surface area contributed by atoms with E-state index in [1.807, 2.05) is 0 Å². The number of pyridine rings is 1. The number of nitriles is 1. The first-order valence-corrected chi connectivity index (χ1v) is 9.17. The molecule has 0 spiro atoms. The molecule has 3 rings (SSSR count). The van der Waals surface area contributed by atoms with Crippen LogP contribution >= 0.6 is 0 Å². The zero-order chi connectivity index (χ0) is 21.7. The van der Waals surface area contributed by atoms with Gasteiger partial charge in [0.25, 0.3) is 0 Å². The molecule has 2 heterocycles. The summed E-state index contributed by atoms with van der Waals surface area (Å²) in [5.41, 5.74) is 2.39. The Morgan fingerprint density at radius 2 is 2.00 bits per heavy atom. The Bertz CT molecular complexity index is 998. The average Bonchev–Trinajstić information content (AvgIpc) is 3.17. The number of hydrazone groups is 1. The van der Waals surface area contributed by atoms with E-state index in [4.69, 9.17) is 18.9 Å². The van der Waals surface area contributed by atoms with Crippen LogP contribution in [0.2, 0.25) is 0 Å². The highest BCUT2D eigenvalue weighted by Crippen LogP contribution is 2.30. The monoisotopic (exact) mass is 410 g/mol. The molecule has 30 heavy (non-hydrogen) atoms. The van der Waals surface area contributed by atoms with Gasteiger partial charge in [0.05, 0.1) is 13.7 Å². The lowest BCUT2D eigenvalue weighted by atomic mass is 10.1. The second kappa shape index (κ2) is 9.24. The number of hydrogen-bond donors (Lipinski definition) is 0. The summed E-state index contributed by atoms with van der Waals surface area (Å²) in [4.78, 5) is 16.3. The highest BCUT2D eigenvalue weighted by Gasteiger charge is 2.33. The van der Waals surface area contributed by atoms with Crippen molar-refractivity contribution in [3.63, 3.8) is 0 Å². The van der Waals surface area contributed by atoms with E-state index in [2.05, 4.69) is 16.2 Å². The summed E-state index contributed by atoms with van der Waals surface area (Å²) in [5.74, 6) is 0.779. The molecule has 0 radical (unpaired) electrons. The predicted molar refractivity (Wildman–Crippen MR) is 107 cm³/mol. The highest BCUT2D eigenvalue weighted by atomic mass is 16.6. The summed E-state index contributed by atoms with van der Waals surface area (Å²) < 4.78 is 21.9. The summed E-state index contributed by atoms with van der Waals surface area (Å²) in [6, 6.07) is 11.0. The van der Waals surface area contributed by atoms with Crippen molar-refractivity contribution in [2.24, 2.45) is 5.10 Å². The van der Waals surface area contributed by atoms with Gasteiger partial charge in [-0.15, -0.1) is 5.10 Å². The Kier molecular flexibility index (Phi) is 6.49. The van der Waals surface area contributed by atoms with Gasteiger partial charge in [-0.2, -0.15) is 10.3 Å². The molecular weight excluding hydrogens is 388 g/mol. The first kappa shape index (κ1) is 21.1. The summed E-state index contributed by atoms with van der Waals surface area (Å²) in [6.07, 6.45) is -0.711. The maximum absolute atomic E-state index is 12.0. The van der Waals surface area contributed by atoms with Crippen LogP contribution < -0.4 is 9.47 Å². The molecule has 1 aliphatic heterocycles. The highest BCUT2D eigenvalue weighted by molar-refractivity contribution is 5.83. The Balaban J connectivity index is 1.78. The molecule has 0 bridgehead atoms. The van der Waals surface area contributed by atoms with E-state index in [9.17, 15) is 10.1 Å². The molecule has 1 aromatic carbocycles. The number of carbonyl (C=O) groups is 1. The summed E-state index contributed by atoms with van der Waals surface area (Å²) in [5, 5.41) is 15.0. The van der Waals surface area contributed by atoms with E-state index in [0.29, 0.717) is 17.0 Å². The first-order chi connectivity index (χ1) is 14.5. The number of hydrogen-bond acceptors (Lipinski definition) is 8. The zero-order valence-electron chi connectivity index (χ0n) is 17.2. The van der Waals surface area contributed by atoms with E-state index < -0.39 is 6.23 Å². The van der Waals surface area contributed by atoms with Crippen molar-refractivity contribution in [1.29, 1.82) is 5.26 Å². The molecule has 1 unspecified atom stereocenters. The number of aryl methyl sites for hydroxylation is 1. The summed E-state index contributed by atoms with van der Waals surface area (Å²) >= 11 is 0. The fraction of sp³-hybridized carbons (Fsp3) is 0.333. The number of aromatic nitrogens is 1. The van der Waals surface area contributed by atoms with E-state index in [-0.39, 0.29) is 36.5 Å². The second-order valence-corrected chi connectivity index (χ2v) is 6.54. The van der Waals surface area contributed by atoms with Gasteiger partial charge in [-0.3, -0.25) is 4.79 Å². The molecule has 9 nitrogen and oxygen atoms in total. The molecule has 0 aliphatic carbocycles. The number of benzene rings is 1. The Morgan fingerprint density at radius 3 is 2.60 bits per heavy atom. The van der Waals surface area contributed by atoms with E-state index in [1.165, 1.54) is 11.9 Å². The SMILES string of the molecule is COCc1cc(C)nc(OCC2=NN(C(C)=O)C(c3ccc(OC)cc3)O2)c1C#N. The van der Waals surface area contributed by atoms with Crippen LogP contribution in [0.5, 0.6) is 11.6 Å². The van der Waals surface area contributed by atoms with Gasteiger partial charge in [0.2, 0.25) is 23.9 Å². The van der Waals surface area contributed by atoms with Crippen molar-refractivity contribution < 1.29 is 23.7 Å². The van der Waals surface area contributed by atoms with Crippen LogP contribution in [0, 0.1) is 18.3 Å². The molecule has 0 fully saturated rings. The summed E-state index contributed by atoms with van der Waals surface area (Å²) in [7, 11) is 3.13. The molecular formula is C21H22N4O5. The van der Waals surface area contributed by atoms with Gasteiger partial charge in [0, 0.05) is 30.9 Å². The van der Waals surface area contributed by atoms with Crippen molar-refractivity contribution in [3.05, 3.63) is 52.7 Å². The normalized spacial score (nSPS) is 15.2. The fourth-order valence-electron chi connectivity index (χ4n) is 2.98. The van der Waals surface area contributed by atoms with Gasteiger partial charge in [0.1, 0.15) is 17.4 Å². The lowest BCUT2D eigenvalue weighted by Crippen LogP contribution is -2.25. The first-order valence-electron chi connectivity index (χ1n) is 9.17. The van der Waals surface area contributed by atoms with Crippen molar-refractivity contribution in [3.8, 4) is 17.7 Å². The number of carbonyl (C=O) groups excluding carboxylic acids is 1. The largest absolute Gasteiger partial charge is 0.497 e. The van der Waals surface area contributed by atoms with Gasteiger partial charge < -0.3 is 18.9 Å². The van der Waals surface area contributed by atoms with Crippen LogP contribution in [0.1, 0.15) is 35.5 Å². The van der Waals surface area contributed by atoms with Crippen LogP contribution in [-0.4, -0.2) is 42.6 Å². The number of methoxy groups -OCH3 is 2. The van der Waals surface area contributed by atoms with Gasteiger partial charge >= 0.3 is 0 Å². The Hall–Kier alpha value is -3.64. The lowest BCUT2D eigenvalue weighted by Gasteiger charge is -2.19. The minimum atomic E-state index is -0.711. The van der Waals surface area contributed by atoms with Crippen LogP contribution in [0.25, 0.3) is 0 Å². The molecule has 1 amide bonds. The quantitative estimate of drug-likeness (QED) is 0.691.